The summed E-state index contributed by atoms with van der Waals surface area (Å²) in [5.41, 5.74) is 8.74. The fourth-order valence-corrected chi connectivity index (χ4v) is 2.64. The summed E-state index contributed by atoms with van der Waals surface area (Å²) in [6.07, 6.45) is 2.79. The van der Waals surface area contributed by atoms with Crippen molar-refractivity contribution < 1.29 is 0 Å². The Labute approximate surface area is 111 Å². The van der Waals surface area contributed by atoms with Crippen molar-refractivity contribution in [2.24, 2.45) is 11.7 Å². The molecule has 1 saturated carbocycles. The summed E-state index contributed by atoms with van der Waals surface area (Å²) in [6, 6.07) is 9.71. The van der Waals surface area contributed by atoms with Gasteiger partial charge in [-0.2, -0.15) is 0 Å². The molecule has 0 aliphatic heterocycles. The van der Waals surface area contributed by atoms with Crippen LogP contribution in [0.25, 0.3) is 0 Å². The van der Waals surface area contributed by atoms with Crippen molar-refractivity contribution in [3.63, 3.8) is 0 Å². The van der Waals surface area contributed by atoms with E-state index in [0.717, 1.165) is 5.92 Å². The monoisotopic (exact) mass is 246 g/mol. The van der Waals surface area contributed by atoms with Crippen LogP contribution in [-0.4, -0.2) is 24.0 Å². The Morgan fingerprint density at radius 1 is 1.33 bits per heavy atom. The topological polar surface area (TPSA) is 29.3 Å². The van der Waals surface area contributed by atoms with Gasteiger partial charge in [0, 0.05) is 25.2 Å². The van der Waals surface area contributed by atoms with Crippen LogP contribution in [0.15, 0.2) is 24.3 Å². The maximum absolute atomic E-state index is 6.05. The first-order valence-electron chi connectivity index (χ1n) is 7.14. The largest absolute Gasteiger partial charge is 0.329 e. The first-order chi connectivity index (χ1) is 8.61. The average Bonchev–Trinajstić information content (AvgIpc) is 3.12. The molecule has 100 valence electrons. The maximum atomic E-state index is 6.05. The molecule has 1 aliphatic carbocycles. The normalized spacial score (nSPS) is 17.4. The maximum Gasteiger partial charge on any atom is 0.0473 e. The highest BCUT2D eigenvalue weighted by Crippen LogP contribution is 2.33. The number of aryl methyl sites for hydroxylation is 1. The van der Waals surface area contributed by atoms with Gasteiger partial charge in [0.05, 0.1) is 0 Å². The van der Waals surface area contributed by atoms with Crippen LogP contribution in [0.3, 0.4) is 0 Å². The molecule has 2 nitrogen and oxygen atoms in total. The number of nitrogens with zero attached hydrogens (tertiary/aromatic N) is 1. The molecular weight excluding hydrogens is 220 g/mol. The smallest absolute Gasteiger partial charge is 0.0473 e. The number of rotatable bonds is 6. The summed E-state index contributed by atoms with van der Waals surface area (Å²) in [4.78, 5) is 2.58. The third-order valence-corrected chi connectivity index (χ3v) is 3.88. The summed E-state index contributed by atoms with van der Waals surface area (Å²) in [5, 5.41) is 0. The van der Waals surface area contributed by atoms with Gasteiger partial charge in [0.15, 0.2) is 0 Å². The van der Waals surface area contributed by atoms with E-state index in [1.807, 2.05) is 0 Å². The number of benzene rings is 1. The molecule has 1 fully saturated rings. The summed E-state index contributed by atoms with van der Waals surface area (Å²) in [6.45, 7) is 8.61. The lowest BCUT2D eigenvalue weighted by Crippen LogP contribution is -2.40. The SMILES string of the molecule is Cc1cccc(C(CN)N(CC2CC2)C(C)C)c1. The Kier molecular flexibility index (Phi) is 4.41. The minimum Gasteiger partial charge on any atom is -0.329 e. The zero-order valence-electron chi connectivity index (χ0n) is 11.9. The summed E-state index contributed by atoms with van der Waals surface area (Å²) in [5.74, 6) is 0.909. The number of hydrogen-bond acceptors (Lipinski definition) is 2. The van der Waals surface area contributed by atoms with Crippen LogP contribution in [-0.2, 0) is 0 Å². The van der Waals surface area contributed by atoms with E-state index in [1.54, 1.807) is 0 Å². The van der Waals surface area contributed by atoms with Gasteiger partial charge in [0.1, 0.15) is 0 Å². The molecule has 0 amide bonds. The van der Waals surface area contributed by atoms with Crippen LogP contribution in [0, 0.1) is 12.8 Å². The summed E-state index contributed by atoms with van der Waals surface area (Å²) in [7, 11) is 0. The quantitative estimate of drug-likeness (QED) is 0.835. The third kappa shape index (κ3) is 3.33. The average molecular weight is 246 g/mol. The second kappa shape index (κ2) is 5.85. The molecule has 1 aromatic rings. The highest BCUT2D eigenvalue weighted by Gasteiger charge is 2.29. The van der Waals surface area contributed by atoms with E-state index >= 15 is 0 Å². The zero-order valence-corrected chi connectivity index (χ0v) is 11.9. The van der Waals surface area contributed by atoms with E-state index in [0.29, 0.717) is 18.6 Å². The molecule has 1 unspecified atom stereocenters. The van der Waals surface area contributed by atoms with Crippen LogP contribution >= 0.6 is 0 Å². The molecule has 2 heteroatoms. The molecule has 2 rings (SSSR count). The molecule has 1 atom stereocenters. The lowest BCUT2D eigenvalue weighted by atomic mass is 10.0. The van der Waals surface area contributed by atoms with Crippen LogP contribution in [0.2, 0.25) is 0 Å². The number of nitrogens with two attached hydrogens (primary N) is 1. The molecule has 0 aromatic heterocycles. The van der Waals surface area contributed by atoms with E-state index in [4.69, 9.17) is 5.73 Å². The molecule has 0 bridgehead atoms. The predicted molar refractivity (Wildman–Crippen MR) is 77.5 cm³/mol. The Morgan fingerprint density at radius 2 is 2.06 bits per heavy atom. The number of hydrogen-bond donors (Lipinski definition) is 1. The molecule has 0 heterocycles. The van der Waals surface area contributed by atoms with Crippen molar-refractivity contribution in [1.29, 1.82) is 0 Å². The minimum absolute atomic E-state index is 0.366. The van der Waals surface area contributed by atoms with E-state index in [2.05, 4.69) is 49.9 Å². The highest BCUT2D eigenvalue weighted by molar-refractivity contribution is 5.25. The molecule has 0 radical (unpaired) electrons. The minimum atomic E-state index is 0.366. The zero-order chi connectivity index (χ0) is 13.1. The Morgan fingerprint density at radius 3 is 2.56 bits per heavy atom. The molecule has 0 saturated heterocycles. The third-order valence-electron chi connectivity index (χ3n) is 3.88. The second-order valence-electron chi connectivity index (χ2n) is 5.90. The van der Waals surface area contributed by atoms with Gasteiger partial charge in [-0.1, -0.05) is 29.8 Å². The molecule has 1 aromatic carbocycles. The van der Waals surface area contributed by atoms with Crippen LogP contribution in [0.4, 0.5) is 0 Å². The van der Waals surface area contributed by atoms with Gasteiger partial charge in [-0.05, 0) is 45.1 Å². The standard InChI is InChI=1S/C16H26N2/c1-12(2)18(11-14-7-8-14)16(10-17)15-6-4-5-13(3)9-15/h4-6,9,12,14,16H,7-8,10-11,17H2,1-3H3. The first kappa shape index (κ1) is 13.6. The Hall–Kier alpha value is -0.860. The Balaban J connectivity index is 2.18. The van der Waals surface area contributed by atoms with Gasteiger partial charge >= 0.3 is 0 Å². The molecule has 18 heavy (non-hydrogen) atoms. The Bertz CT molecular complexity index is 382. The summed E-state index contributed by atoms with van der Waals surface area (Å²) < 4.78 is 0. The second-order valence-corrected chi connectivity index (χ2v) is 5.90. The van der Waals surface area contributed by atoms with Crippen LogP contribution in [0.1, 0.15) is 43.9 Å². The lowest BCUT2D eigenvalue weighted by Gasteiger charge is -2.35. The molecule has 2 N–H and O–H groups in total. The predicted octanol–water partition coefficient (Wildman–Crippen LogP) is 3.12. The molecule has 1 aliphatic rings. The van der Waals surface area contributed by atoms with E-state index in [9.17, 15) is 0 Å². The van der Waals surface area contributed by atoms with Crippen molar-refractivity contribution >= 4 is 0 Å². The van der Waals surface area contributed by atoms with E-state index in [1.165, 1.54) is 30.5 Å². The lowest BCUT2D eigenvalue weighted by molar-refractivity contribution is 0.149. The fraction of sp³-hybridized carbons (Fsp3) is 0.625. The van der Waals surface area contributed by atoms with Crippen molar-refractivity contribution in [2.45, 2.75) is 45.7 Å². The van der Waals surface area contributed by atoms with Crippen molar-refractivity contribution in [3.05, 3.63) is 35.4 Å². The van der Waals surface area contributed by atoms with E-state index < -0.39 is 0 Å². The fourth-order valence-electron chi connectivity index (χ4n) is 2.64. The van der Waals surface area contributed by atoms with Gasteiger partial charge in [-0.3, -0.25) is 4.90 Å². The summed E-state index contributed by atoms with van der Waals surface area (Å²) >= 11 is 0. The van der Waals surface area contributed by atoms with Gasteiger partial charge in [-0.15, -0.1) is 0 Å². The van der Waals surface area contributed by atoms with Crippen molar-refractivity contribution in [2.75, 3.05) is 13.1 Å². The van der Waals surface area contributed by atoms with Gasteiger partial charge in [0.2, 0.25) is 0 Å². The van der Waals surface area contributed by atoms with Gasteiger partial charge in [-0.25, -0.2) is 0 Å². The highest BCUT2D eigenvalue weighted by atomic mass is 15.2. The first-order valence-corrected chi connectivity index (χ1v) is 7.14. The van der Waals surface area contributed by atoms with E-state index in [-0.39, 0.29) is 0 Å². The van der Waals surface area contributed by atoms with Gasteiger partial charge < -0.3 is 5.73 Å². The molecular formula is C16H26N2. The van der Waals surface area contributed by atoms with Crippen molar-refractivity contribution in [1.82, 2.24) is 4.90 Å². The van der Waals surface area contributed by atoms with Crippen molar-refractivity contribution in [3.8, 4) is 0 Å². The van der Waals surface area contributed by atoms with Crippen LogP contribution in [0.5, 0.6) is 0 Å². The van der Waals surface area contributed by atoms with Gasteiger partial charge in [0.25, 0.3) is 0 Å². The molecule has 0 spiro atoms. The van der Waals surface area contributed by atoms with Crippen LogP contribution < -0.4 is 5.73 Å².